The summed E-state index contributed by atoms with van der Waals surface area (Å²) in [7, 11) is -4.40. The summed E-state index contributed by atoms with van der Waals surface area (Å²) in [6.45, 7) is 0. The molecule has 1 heterocycles. The molecule has 1 aromatic carbocycles. The molecule has 0 aliphatic heterocycles. The third-order valence-corrected chi connectivity index (χ3v) is 2.59. The highest BCUT2D eigenvalue weighted by Gasteiger charge is 2.02. The lowest BCUT2D eigenvalue weighted by atomic mass is 10.3. The zero-order valence-electron chi connectivity index (χ0n) is 7.31. The van der Waals surface area contributed by atoms with Gasteiger partial charge in [-0.05, 0) is 34.7 Å². The maximum Gasteiger partial charge on any atom is 0.143 e. The van der Waals surface area contributed by atoms with E-state index in [0.29, 0.717) is 5.69 Å². The summed E-state index contributed by atoms with van der Waals surface area (Å²) in [6, 6.07) is 5.31. The van der Waals surface area contributed by atoms with E-state index in [4.69, 9.17) is 0 Å². The molecule has 15 heavy (non-hydrogen) atoms. The van der Waals surface area contributed by atoms with Crippen LogP contribution in [0.4, 0.5) is 0 Å². The molecule has 8 heteroatoms. The highest BCUT2D eigenvalue weighted by Crippen LogP contribution is 2.11. The first kappa shape index (κ1) is 9.74. The van der Waals surface area contributed by atoms with Crippen molar-refractivity contribution >= 4 is 10.1 Å². The Morgan fingerprint density at radius 2 is 1.87 bits per heavy atom. The third kappa shape index (κ3) is 2.00. The smallest absolute Gasteiger partial charge is 0.143 e. The molecule has 0 saturated carbocycles. The van der Waals surface area contributed by atoms with Crippen LogP contribution >= 0.6 is 0 Å². The van der Waals surface area contributed by atoms with E-state index in [1.165, 1.54) is 35.3 Å². The summed E-state index contributed by atoms with van der Waals surface area (Å²) in [4.78, 5) is -0.278. The number of rotatable bonds is 2. The van der Waals surface area contributed by atoms with Crippen LogP contribution in [0.2, 0.25) is 0 Å². The Bertz CT molecular complexity index is 546. The number of aromatic nitrogens is 4. The van der Waals surface area contributed by atoms with E-state index in [1.54, 1.807) is 0 Å². The summed E-state index contributed by atoms with van der Waals surface area (Å²) in [5, 5.41) is 10.5. The van der Waals surface area contributed by atoms with Gasteiger partial charge in [0, 0.05) is 0 Å². The molecule has 2 rings (SSSR count). The summed E-state index contributed by atoms with van der Waals surface area (Å²) >= 11 is 0. The molecule has 0 atom stereocenters. The molecule has 0 spiro atoms. The zero-order chi connectivity index (χ0) is 10.9. The summed E-state index contributed by atoms with van der Waals surface area (Å²) in [5.74, 6) is 0. The van der Waals surface area contributed by atoms with E-state index < -0.39 is 10.1 Å². The first-order valence-corrected chi connectivity index (χ1v) is 5.27. The zero-order valence-corrected chi connectivity index (χ0v) is 8.13. The summed E-state index contributed by atoms with van der Waals surface area (Å²) < 4.78 is 33.2. The van der Waals surface area contributed by atoms with E-state index >= 15 is 0 Å². The minimum atomic E-state index is -4.40. The molecule has 0 radical (unpaired) electrons. The second-order valence-corrected chi connectivity index (χ2v) is 4.08. The van der Waals surface area contributed by atoms with Gasteiger partial charge in [0.25, 0.3) is 0 Å². The topological polar surface area (TPSA) is 101 Å². The van der Waals surface area contributed by atoms with Gasteiger partial charge in [0.1, 0.15) is 16.4 Å². The van der Waals surface area contributed by atoms with E-state index in [2.05, 4.69) is 15.5 Å². The minimum Gasteiger partial charge on any atom is -0.744 e. The van der Waals surface area contributed by atoms with Gasteiger partial charge in [0.15, 0.2) is 0 Å². The predicted octanol–water partition coefficient (Wildman–Crippen LogP) is -0.434. The van der Waals surface area contributed by atoms with Gasteiger partial charge in [-0.2, -0.15) is 0 Å². The van der Waals surface area contributed by atoms with Crippen LogP contribution in [0.25, 0.3) is 5.69 Å². The maximum atomic E-state index is 10.6. The molecule has 0 fully saturated rings. The highest BCUT2D eigenvalue weighted by atomic mass is 32.2. The normalized spacial score (nSPS) is 11.5. The number of tetrazole rings is 1. The molecule has 1 aromatic heterocycles. The molecule has 78 valence electrons. The van der Waals surface area contributed by atoms with Gasteiger partial charge in [-0.15, -0.1) is 5.10 Å². The highest BCUT2D eigenvalue weighted by molar-refractivity contribution is 7.85. The van der Waals surface area contributed by atoms with Crippen LogP contribution in [-0.2, 0) is 10.1 Å². The van der Waals surface area contributed by atoms with Crippen LogP contribution in [0.5, 0.6) is 0 Å². The Balaban J connectivity index is 2.42. The minimum absolute atomic E-state index is 0.278. The number of nitrogens with zero attached hydrogens (tertiary/aromatic N) is 4. The average Bonchev–Trinajstić information content (AvgIpc) is 2.69. The van der Waals surface area contributed by atoms with Crippen molar-refractivity contribution in [1.82, 2.24) is 20.2 Å². The van der Waals surface area contributed by atoms with Crippen molar-refractivity contribution in [3.8, 4) is 5.69 Å². The van der Waals surface area contributed by atoms with Gasteiger partial charge >= 0.3 is 0 Å². The summed E-state index contributed by atoms with van der Waals surface area (Å²) in [5.41, 5.74) is 0.576. The Kier molecular flexibility index (Phi) is 2.21. The Morgan fingerprint density at radius 3 is 2.33 bits per heavy atom. The van der Waals surface area contributed by atoms with Gasteiger partial charge in [-0.1, -0.05) is 0 Å². The number of benzene rings is 1. The van der Waals surface area contributed by atoms with Crippen LogP contribution in [0.15, 0.2) is 35.5 Å². The molecule has 0 aliphatic carbocycles. The van der Waals surface area contributed by atoms with E-state index in [9.17, 15) is 13.0 Å². The van der Waals surface area contributed by atoms with Crippen molar-refractivity contribution in [1.29, 1.82) is 0 Å². The average molecular weight is 225 g/mol. The van der Waals surface area contributed by atoms with Gasteiger partial charge in [-0.3, -0.25) is 0 Å². The fourth-order valence-corrected chi connectivity index (χ4v) is 1.51. The van der Waals surface area contributed by atoms with Crippen LogP contribution < -0.4 is 0 Å². The van der Waals surface area contributed by atoms with E-state index in [-0.39, 0.29) is 4.90 Å². The third-order valence-electron chi connectivity index (χ3n) is 1.74. The van der Waals surface area contributed by atoms with E-state index in [0.717, 1.165) is 0 Å². The van der Waals surface area contributed by atoms with Crippen molar-refractivity contribution < 1.29 is 13.0 Å². The van der Waals surface area contributed by atoms with Crippen LogP contribution in [0.1, 0.15) is 0 Å². The van der Waals surface area contributed by atoms with Crippen molar-refractivity contribution in [3.63, 3.8) is 0 Å². The fraction of sp³-hybridized carbons (Fsp3) is 0. The number of hydrogen-bond donors (Lipinski definition) is 0. The van der Waals surface area contributed by atoms with Crippen molar-refractivity contribution in [3.05, 3.63) is 30.6 Å². The fourth-order valence-electron chi connectivity index (χ4n) is 1.05. The molecule has 7 nitrogen and oxygen atoms in total. The Morgan fingerprint density at radius 1 is 1.20 bits per heavy atom. The summed E-state index contributed by atoms with van der Waals surface area (Å²) in [6.07, 6.45) is 1.36. The first-order valence-electron chi connectivity index (χ1n) is 3.87. The number of hydrogen-bond acceptors (Lipinski definition) is 6. The maximum absolute atomic E-state index is 10.6. The quantitative estimate of drug-likeness (QED) is 0.642. The van der Waals surface area contributed by atoms with Crippen molar-refractivity contribution in [2.24, 2.45) is 0 Å². The first-order chi connectivity index (χ1) is 7.07. The van der Waals surface area contributed by atoms with Gasteiger partial charge < -0.3 is 4.55 Å². The lowest BCUT2D eigenvalue weighted by molar-refractivity contribution is 0.463. The lowest BCUT2D eigenvalue weighted by Crippen LogP contribution is -2.00. The van der Waals surface area contributed by atoms with Crippen LogP contribution in [-0.4, -0.2) is 33.2 Å². The molecule has 0 saturated heterocycles. The SMILES string of the molecule is O=S(=O)([O-])c1ccc(-n2cnnn2)cc1. The molecule has 0 unspecified atom stereocenters. The van der Waals surface area contributed by atoms with Gasteiger partial charge in [0.05, 0.1) is 10.6 Å². The van der Waals surface area contributed by atoms with Gasteiger partial charge in [-0.25, -0.2) is 13.1 Å². The predicted molar refractivity (Wildman–Crippen MR) is 47.1 cm³/mol. The molecule has 0 amide bonds. The monoisotopic (exact) mass is 225 g/mol. The van der Waals surface area contributed by atoms with Crippen molar-refractivity contribution in [2.75, 3.05) is 0 Å². The molecule has 0 bridgehead atoms. The second kappa shape index (κ2) is 3.41. The van der Waals surface area contributed by atoms with Gasteiger partial charge in [0.2, 0.25) is 0 Å². The Labute approximate surface area is 85.1 Å². The molecular weight excluding hydrogens is 220 g/mol. The lowest BCUT2D eigenvalue weighted by Gasteiger charge is -2.06. The van der Waals surface area contributed by atoms with Crippen LogP contribution in [0, 0.1) is 0 Å². The standard InChI is InChI=1S/C7H6N4O3S/c12-15(13,14)7-3-1-6(2-4-7)11-5-8-9-10-11/h1-5H,(H,12,13,14)/p-1. The second-order valence-electron chi connectivity index (χ2n) is 2.70. The molecular formula is C7H5N4O3S-. The van der Waals surface area contributed by atoms with Crippen molar-refractivity contribution in [2.45, 2.75) is 4.90 Å². The largest absolute Gasteiger partial charge is 0.744 e. The molecule has 2 aromatic rings. The van der Waals surface area contributed by atoms with Crippen LogP contribution in [0.3, 0.4) is 0 Å². The molecule has 0 aliphatic rings. The Hall–Kier alpha value is -1.80. The molecule has 0 N–H and O–H groups in total. The van der Waals surface area contributed by atoms with E-state index in [1.807, 2.05) is 0 Å².